The molecule has 4 rings (SSSR count). The van der Waals surface area contributed by atoms with E-state index >= 15 is 0 Å². The van der Waals surface area contributed by atoms with Gasteiger partial charge in [-0.05, 0) is 43.7 Å². The van der Waals surface area contributed by atoms with E-state index in [0.717, 1.165) is 5.56 Å². The summed E-state index contributed by atoms with van der Waals surface area (Å²) in [6, 6.07) is 9.97. The van der Waals surface area contributed by atoms with E-state index in [-0.39, 0.29) is 12.2 Å². The average Bonchev–Trinajstić information content (AvgIpc) is 3.21. The van der Waals surface area contributed by atoms with Crippen molar-refractivity contribution in [3.05, 3.63) is 78.5 Å². The molecule has 2 aromatic carbocycles. The molecule has 10 heteroatoms. The molecule has 0 bridgehead atoms. The standard InChI is InChI=1S/C27H28N2O7S/c1-7-36-26(31)23-15(2)28-27-29(24(23)16-8-10-18(32-3)11-9-16)25(30)22(37-27)13-17-12-20(34-5)21(35-6)14-19(17)33-4/h8-14,24H,7H2,1-6H3/b22-13-. The Hall–Kier alpha value is -4.05. The van der Waals surface area contributed by atoms with Crippen LogP contribution in [0.4, 0.5) is 0 Å². The quantitative estimate of drug-likeness (QED) is 0.418. The Morgan fingerprint density at radius 3 is 2.24 bits per heavy atom. The molecule has 0 radical (unpaired) electrons. The van der Waals surface area contributed by atoms with Gasteiger partial charge in [-0.15, -0.1) is 0 Å². The summed E-state index contributed by atoms with van der Waals surface area (Å²) in [4.78, 5) is 31.9. The van der Waals surface area contributed by atoms with E-state index in [1.54, 1.807) is 58.4 Å². The number of nitrogens with zero attached hydrogens (tertiary/aromatic N) is 2. The number of carbonyl (C=O) groups excluding carboxylic acids is 1. The van der Waals surface area contributed by atoms with Gasteiger partial charge in [-0.3, -0.25) is 9.36 Å². The third-order valence-electron chi connectivity index (χ3n) is 5.97. The molecule has 1 atom stereocenters. The molecule has 0 N–H and O–H groups in total. The van der Waals surface area contributed by atoms with Gasteiger partial charge < -0.3 is 23.7 Å². The van der Waals surface area contributed by atoms with Crippen LogP contribution in [0.25, 0.3) is 6.08 Å². The van der Waals surface area contributed by atoms with Gasteiger partial charge in [-0.1, -0.05) is 23.5 Å². The molecule has 1 unspecified atom stereocenters. The summed E-state index contributed by atoms with van der Waals surface area (Å²) < 4.78 is 28.9. The highest BCUT2D eigenvalue weighted by atomic mass is 32.1. The lowest BCUT2D eigenvalue weighted by Gasteiger charge is -2.24. The summed E-state index contributed by atoms with van der Waals surface area (Å²) in [5.41, 5.74) is 1.88. The molecule has 194 valence electrons. The number of ether oxygens (including phenoxy) is 5. The molecule has 0 saturated carbocycles. The number of fused-ring (bicyclic) bond motifs is 1. The molecule has 0 saturated heterocycles. The minimum atomic E-state index is -0.712. The van der Waals surface area contributed by atoms with Crippen molar-refractivity contribution >= 4 is 23.4 Å². The number of rotatable bonds is 8. The van der Waals surface area contributed by atoms with E-state index < -0.39 is 12.0 Å². The fraction of sp³-hybridized carbons (Fsp3) is 0.296. The number of esters is 1. The first-order valence-electron chi connectivity index (χ1n) is 11.5. The number of hydrogen-bond donors (Lipinski definition) is 0. The molecular formula is C27H28N2O7S. The SMILES string of the molecule is CCOC(=O)C1=C(C)N=c2s/c(=C\c3cc(OC)c(OC)cc3OC)c(=O)n2C1c1ccc(OC)cc1. The smallest absolute Gasteiger partial charge is 0.338 e. The van der Waals surface area contributed by atoms with Crippen LogP contribution in [0, 0.1) is 0 Å². The van der Waals surface area contributed by atoms with E-state index in [1.165, 1.54) is 30.1 Å². The number of benzene rings is 2. The molecule has 1 aliphatic heterocycles. The van der Waals surface area contributed by atoms with E-state index in [1.807, 2.05) is 12.1 Å². The van der Waals surface area contributed by atoms with Crippen molar-refractivity contribution in [2.75, 3.05) is 35.0 Å². The van der Waals surface area contributed by atoms with Crippen LogP contribution in [0.3, 0.4) is 0 Å². The second-order valence-electron chi connectivity index (χ2n) is 8.02. The second kappa shape index (κ2) is 10.9. The minimum absolute atomic E-state index is 0.203. The Morgan fingerprint density at radius 1 is 1.00 bits per heavy atom. The normalized spacial score (nSPS) is 15.1. The first kappa shape index (κ1) is 26.0. The average molecular weight is 525 g/mol. The van der Waals surface area contributed by atoms with Crippen LogP contribution in [0.1, 0.15) is 31.0 Å². The third-order valence-corrected chi connectivity index (χ3v) is 6.95. The molecule has 2 heterocycles. The molecule has 0 amide bonds. The fourth-order valence-electron chi connectivity index (χ4n) is 4.20. The van der Waals surface area contributed by atoms with Crippen LogP contribution in [0.2, 0.25) is 0 Å². The van der Waals surface area contributed by atoms with E-state index in [2.05, 4.69) is 4.99 Å². The molecule has 0 aliphatic carbocycles. The maximum absolute atomic E-state index is 13.8. The van der Waals surface area contributed by atoms with Gasteiger partial charge in [-0.25, -0.2) is 9.79 Å². The highest BCUT2D eigenvalue weighted by molar-refractivity contribution is 7.07. The van der Waals surface area contributed by atoms with Crippen molar-refractivity contribution in [1.82, 2.24) is 4.57 Å². The Kier molecular flexibility index (Phi) is 7.68. The Bertz CT molecular complexity index is 1530. The zero-order valence-electron chi connectivity index (χ0n) is 21.5. The maximum atomic E-state index is 13.8. The lowest BCUT2D eigenvalue weighted by atomic mass is 9.96. The lowest BCUT2D eigenvalue weighted by molar-refractivity contribution is -0.139. The van der Waals surface area contributed by atoms with Crippen LogP contribution in [-0.4, -0.2) is 45.6 Å². The molecule has 3 aromatic rings. The van der Waals surface area contributed by atoms with Gasteiger partial charge in [0.25, 0.3) is 5.56 Å². The summed E-state index contributed by atoms with van der Waals surface area (Å²) in [7, 11) is 6.20. The Balaban J connectivity index is 1.95. The summed E-state index contributed by atoms with van der Waals surface area (Å²) in [5, 5.41) is 0. The molecule has 9 nitrogen and oxygen atoms in total. The van der Waals surface area contributed by atoms with Gasteiger partial charge in [0.05, 0.1) is 56.9 Å². The molecule has 0 spiro atoms. The molecule has 37 heavy (non-hydrogen) atoms. The van der Waals surface area contributed by atoms with Crippen LogP contribution < -0.4 is 33.8 Å². The van der Waals surface area contributed by atoms with Crippen molar-refractivity contribution in [3.63, 3.8) is 0 Å². The second-order valence-corrected chi connectivity index (χ2v) is 9.03. The van der Waals surface area contributed by atoms with Crippen molar-refractivity contribution in [2.45, 2.75) is 19.9 Å². The van der Waals surface area contributed by atoms with E-state index in [0.29, 0.717) is 49.2 Å². The van der Waals surface area contributed by atoms with Crippen molar-refractivity contribution in [1.29, 1.82) is 0 Å². The van der Waals surface area contributed by atoms with Gasteiger partial charge in [0.1, 0.15) is 11.5 Å². The molecule has 1 aromatic heterocycles. The summed E-state index contributed by atoms with van der Waals surface area (Å²) in [6.45, 7) is 3.69. The lowest BCUT2D eigenvalue weighted by Crippen LogP contribution is -2.39. The van der Waals surface area contributed by atoms with Crippen molar-refractivity contribution < 1.29 is 28.5 Å². The van der Waals surface area contributed by atoms with Gasteiger partial charge in [0.2, 0.25) is 0 Å². The third kappa shape index (κ3) is 4.84. The van der Waals surface area contributed by atoms with E-state index in [9.17, 15) is 9.59 Å². The van der Waals surface area contributed by atoms with Crippen LogP contribution in [0.15, 0.2) is 57.5 Å². The first-order chi connectivity index (χ1) is 17.9. The summed E-state index contributed by atoms with van der Waals surface area (Å²) in [6.07, 6.45) is 1.72. The number of thiazole rings is 1. The summed E-state index contributed by atoms with van der Waals surface area (Å²) in [5.74, 6) is 1.67. The predicted octanol–water partition coefficient (Wildman–Crippen LogP) is 2.83. The fourth-order valence-corrected chi connectivity index (χ4v) is 5.24. The van der Waals surface area contributed by atoms with Gasteiger partial charge in [0, 0.05) is 11.6 Å². The van der Waals surface area contributed by atoms with Gasteiger partial charge >= 0.3 is 5.97 Å². The van der Waals surface area contributed by atoms with Crippen LogP contribution >= 0.6 is 11.3 Å². The van der Waals surface area contributed by atoms with Crippen LogP contribution in [0.5, 0.6) is 23.0 Å². The van der Waals surface area contributed by atoms with Gasteiger partial charge in [-0.2, -0.15) is 0 Å². The van der Waals surface area contributed by atoms with Gasteiger partial charge in [0.15, 0.2) is 16.3 Å². The first-order valence-corrected chi connectivity index (χ1v) is 12.3. The highest BCUT2D eigenvalue weighted by Crippen LogP contribution is 2.35. The van der Waals surface area contributed by atoms with Crippen molar-refractivity contribution in [2.24, 2.45) is 4.99 Å². The minimum Gasteiger partial charge on any atom is -0.497 e. The number of aromatic nitrogens is 1. The Morgan fingerprint density at radius 2 is 1.65 bits per heavy atom. The predicted molar refractivity (Wildman–Crippen MR) is 139 cm³/mol. The maximum Gasteiger partial charge on any atom is 0.338 e. The summed E-state index contributed by atoms with van der Waals surface area (Å²) >= 11 is 1.23. The number of allylic oxidation sites excluding steroid dienone is 1. The number of methoxy groups -OCH3 is 4. The number of hydrogen-bond acceptors (Lipinski definition) is 9. The molecule has 0 fully saturated rings. The monoisotopic (exact) mass is 524 g/mol. The Labute approximate surface area is 217 Å². The van der Waals surface area contributed by atoms with Crippen LogP contribution in [-0.2, 0) is 9.53 Å². The zero-order valence-corrected chi connectivity index (χ0v) is 22.3. The topological polar surface area (TPSA) is 97.6 Å². The molecular weight excluding hydrogens is 496 g/mol. The largest absolute Gasteiger partial charge is 0.497 e. The molecule has 1 aliphatic rings. The zero-order chi connectivity index (χ0) is 26.7. The van der Waals surface area contributed by atoms with Crippen molar-refractivity contribution in [3.8, 4) is 23.0 Å². The highest BCUT2D eigenvalue weighted by Gasteiger charge is 2.33. The number of carbonyl (C=O) groups is 1. The van der Waals surface area contributed by atoms with E-state index in [4.69, 9.17) is 23.7 Å².